The number of rotatable bonds is 4. The van der Waals surface area contributed by atoms with Crippen molar-refractivity contribution in [1.82, 2.24) is 0 Å². The molecule has 1 aliphatic rings. The summed E-state index contributed by atoms with van der Waals surface area (Å²) >= 11 is 0. The van der Waals surface area contributed by atoms with Crippen LogP contribution in [0.15, 0.2) is 0 Å². The molecule has 0 bridgehead atoms. The Morgan fingerprint density at radius 1 is 1.64 bits per heavy atom. The summed E-state index contributed by atoms with van der Waals surface area (Å²) in [6.45, 7) is 1.44. The maximum Gasteiger partial charge on any atom is 0.161 e. The lowest BCUT2D eigenvalue weighted by Gasteiger charge is -2.17. The zero-order valence-electron chi connectivity index (χ0n) is 6.91. The van der Waals surface area contributed by atoms with Gasteiger partial charge in [0.1, 0.15) is 6.10 Å². The Labute approximate surface area is 66.4 Å². The predicted molar refractivity (Wildman–Crippen MR) is 40.2 cm³/mol. The van der Waals surface area contributed by atoms with E-state index in [1.165, 1.54) is 14.0 Å². The van der Waals surface area contributed by atoms with Crippen LogP contribution in [-0.4, -0.2) is 30.2 Å². The molecule has 0 saturated heterocycles. The summed E-state index contributed by atoms with van der Waals surface area (Å²) in [5, 5.41) is 9.47. The van der Waals surface area contributed by atoms with E-state index in [4.69, 9.17) is 4.74 Å². The highest BCUT2D eigenvalue weighted by atomic mass is 16.5. The Hall–Kier alpha value is -0.410. The number of Topliss-reactive ketones (excluding diaryl/α,β-unsaturated/α-hetero) is 1. The second kappa shape index (κ2) is 3.32. The molecule has 0 aromatic heterocycles. The summed E-state index contributed by atoms with van der Waals surface area (Å²) < 4.78 is 4.88. The molecule has 0 aromatic rings. The van der Waals surface area contributed by atoms with Crippen LogP contribution in [0.1, 0.15) is 19.8 Å². The van der Waals surface area contributed by atoms with Gasteiger partial charge in [0.05, 0.1) is 6.10 Å². The number of ether oxygens (including phenoxy) is 1. The summed E-state index contributed by atoms with van der Waals surface area (Å²) in [7, 11) is 1.46. The van der Waals surface area contributed by atoms with Crippen LogP contribution in [0.5, 0.6) is 0 Å². The highest BCUT2D eigenvalue weighted by molar-refractivity contribution is 5.81. The van der Waals surface area contributed by atoms with Gasteiger partial charge in [0.2, 0.25) is 0 Å². The van der Waals surface area contributed by atoms with E-state index >= 15 is 0 Å². The number of aliphatic hydroxyl groups is 1. The maximum atomic E-state index is 10.9. The first-order valence-corrected chi connectivity index (χ1v) is 3.88. The Morgan fingerprint density at radius 3 is 2.45 bits per heavy atom. The lowest BCUT2D eigenvalue weighted by Crippen LogP contribution is -2.35. The first-order valence-electron chi connectivity index (χ1n) is 3.88. The van der Waals surface area contributed by atoms with E-state index in [9.17, 15) is 9.90 Å². The summed E-state index contributed by atoms with van der Waals surface area (Å²) in [6.07, 6.45) is 0.850. The fourth-order valence-corrected chi connectivity index (χ4v) is 1.23. The van der Waals surface area contributed by atoms with Crippen molar-refractivity contribution in [3.8, 4) is 0 Å². The van der Waals surface area contributed by atoms with Gasteiger partial charge in [-0.15, -0.1) is 0 Å². The van der Waals surface area contributed by atoms with Crippen LogP contribution in [0.2, 0.25) is 0 Å². The maximum absolute atomic E-state index is 10.9. The normalized spacial score (nSPS) is 22.8. The molecule has 3 heteroatoms. The molecule has 64 valence electrons. The number of hydrogen-bond acceptors (Lipinski definition) is 3. The molecule has 0 spiro atoms. The molecule has 0 aliphatic heterocycles. The van der Waals surface area contributed by atoms with Gasteiger partial charge in [-0.1, -0.05) is 0 Å². The number of ketones is 1. The van der Waals surface area contributed by atoms with Gasteiger partial charge in [0, 0.05) is 7.11 Å². The Kier molecular flexibility index (Phi) is 2.62. The van der Waals surface area contributed by atoms with Gasteiger partial charge in [0.15, 0.2) is 5.78 Å². The van der Waals surface area contributed by atoms with Crippen LogP contribution in [0, 0.1) is 5.92 Å². The standard InChI is InChI=1S/C8H14O3/c1-5(9)8(11-2)7(10)6-3-4-6/h6-8,10H,3-4H2,1-2H3/t7-,8-/m1/s1. The molecule has 0 amide bonds. The SMILES string of the molecule is CO[C@H](C(C)=O)[C@H](O)C1CC1. The molecule has 0 radical (unpaired) electrons. The zero-order valence-corrected chi connectivity index (χ0v) is 6.91. The molecule has 1 aliphatic carbocycles. The lowest BCUT2D eigenvalue weighted by molar-refractivity contribution is -0.134. The molecule has 1 rings (SSSR count). The second-order valence-corrected chi connectivity index (χ2v) is 3.09. The van der Waals surface area contributed by atoms with E-state index in [-0.39, 0.29) is 5.78 Å². The fraction of sp³-hybridized carbons (Fsp3) is 0.875. The van der Waals surface area contributed by atoms with Crippen LogP contribution in [0.3, 0.4) is 0 Å². The van der Waals surface area contributed by atoms with Crippen molar-refractivity contribution in [2.24, 2.45) is 5.92 Å². The van der Waals surface area contributed by atoms with Crippen LogP contribution < -0.4 is 0 Å². The van der Waals surface area contributed by atoms with Gasteiger partial charge in [-0.25, -0.2) is 0 Å². The van der Waals surface area contributed by atoms with Gasteiger partial charge in [0.25, 0.3) is 0 Å². The Morgan fingerprint density at radius 2 is 2.18 bits per heavy atom. The van der Waals surface area contributed by atoms with Crippen molar-refractivity contribution in [3.05, 3.63) is 0 Å². The van der Waals surface area contributed by atoms with Gasteiger partial charge in [-0.2, -0.15) is 0 Å². The Balaban J connectivity index is 2.45. The van der Waals surface area contributed by atoms with E-state index < -0.39 is 12.2 Å². The van der Waals surface area contributed by atoms with Crippen LogP contribution in [-0.2, 0) is 9.53 Å². The number of methoxy groups -OCH3 is 1. The van der Waals surface area contributed by atoms with Gasteiger partial charge in [-0.05, 0) is 25.7 Å². The molecule has 11 heavy (non-hydrogen) atoms. The monoisotopic (exact) mass is 158 g/mol. The Bertz CT molecular complexity index is 151. The molecule has 2 atom stereocenters. The third-order valence-electron chi connectivity index (χ3n) is 2.07. The smallest absolute Gasteiger partial charge is 0.161 e. The number of carbonyl (C=O) groups is 1. The first-order chi connectivity index (χ1) is 5.16. The first kappa shape index (κ1) is 8.68. The van der Waals surface area contributed by atoms with E-state index in [2.05, 4.69) is 0 Å². The van der Waals surface area contributed by atoms with Crippen molar-refractivity contribution in [1.29, 1.82) is 0 Å². The molecular weight excluding hydrogens is 144 g/mol. The molecule has 1 fully saturated rings. The molecule has 1 saturated carbocycles. The third-order valence-corrected chi connectivity index (χ3v) is 2.07. The minimum absolute atomic E-state index is 0.0908. The summed E-state index contributed by atoms with van der Waals surface area (Å²) in [5.41, 5.74) is 0. The zero-order chi connectivity index (χ0) is 8.43. The second-order valence-electron chi connectivity index (χ2n) is 3.09. The molecule has 0 heterocycles. The van der Waals surface area contributed by atoms with Crippen molar-refractivity contribution in [2.75, 3.05) is 7.11 Å². The van der Waals surface area contributed by atoms with Crippen molar-refractivity contribution in [3.63, 3.8) is 0 Å². The average molecular weight is 158 g/mol. The van der Waals surface area contributed by atoms with Crippen molar-refractivity contribution < 1.29 is 14.6 Å². The van der Waals surface area contributed by atoms with E-state index in [0.717, 1.165) is 12.8 Å². The number of carbonyl (C=O) groups excluding carboxylic acids is 1. The minimum Gasteiger partial charge on any atom is -0.390 e. The summed E-state index contributed by atoms with van der Waals surface area (Å²) in [6, 6.07) is 0. The average Bonchev–Trinajstić information content (AvgIpc) is 2.68. The molecular formula is C8H14O3. The topological polar surface area (TPSA) is 46.5 Å². The highest BCUT2D eigenvalue weighted by Crippen LogP contribution is 2.34. The molecule has 3 nitrogen and oxygen atoms in total. The molecule has 0 unspecified atom stereocenters. The van der Waals surface area contributed by atoms with E-state index in [0.29, 0.717) is 5.92 Å². The van der Waals surface area contributed by atoms with E-state index in [1.54, 1.807) is 0 Å². The highest BCUT2D eigenvalue weighted by Gasteiger charge is 2.37. The minimum atomic E-state index is -0.609. The number of hydrogen-bond donors (Lipinski definition) is 1. The third kappa shape index (κ3) is 2.01. The number of aliphatic hydroxyl groups excluding tert-OH is 1. The summed E-state index contributed by atoms with van der Waals surface area (Å²) in [5.74, 6) is 0.204. The van der Waals surface area contributed by atoms with Crippen LogP contribution in [0.25, 0.3) is 0 Å². The molecule has 1 N–H and O–H groups in total. The fourth-order valence-electron chi connectivity index (χ4n) is 1.23. The molecule has 0 aromatic carbocycles. The van der Waals surface area contributed by atoms with Crippen molar-refractivity contribution >= 4 is 5.78 Å². The lowest BCUT2D eigenvalue weighted by atomic mass is 10.1. The van der Waals surface area contributed by atoms with Gasteiger partial charge < -0.3 is 9.84 Å². The largest absolute Gasteiger partial charge is 0.390 e. The van der Waals surface area contributed by atoms with E-state index in [1.807, 2.05) is 0 Å². The van der Waals surface area contributed by atoms with Crippen LogP contribution >= 0.6 is 0 Å². The quantitative estimate of drug-likeness (QED) is 0.642. The predicted octanol–water partition coefficient (Wildman–Crippen LogP) is 0.361. The van der Waals surface area contributed by atoms with Gasteiger partial charge >= 0.3 is 0 Å². The van der Waals surface area contributed by atoms with Crippen LogP contribution in [0.4, 0.5) is 0 Å². The van der Waals surface area contributed by atoms with Crippen molar-refractivity contribution in [2.45, 2.75) is 32.0 Å². The summed E-state index contributed by atoms with van der Waals surface area (Å²) in [4.78, 5) is 10.9. The van der Waals surface area contributed by atoms with Gasteiger partial charge in [-0.3, -0.25) is 4.79 Å².